The molecule has 0 saturated carbocycles. The normalized spacial score (nSPS) is 15.6. The Morgan fingerprint density at radius 3 is 2.56 bits per heavy atom. The third-order valence-electron chi connectivity index (χ3n) is 5.14. The van der Waals surface area contributed by atoms with E-state index in [2.05, 4.69) is 5.32 Å². The van der Waals surface area contributed by atoms with Gasteiger partial charge < -0.3 is 29.0 Å². The van der Waals surface area contributed by atoms with Gasteiger partial charge in [0.25, 0.3) is 17.1 Å². The van der Waals surface area contributed by atoms with Gasteiger partial charge in [-0.2, -0.15) is 0 Å². The Kier molecular flexibility index (Phi) is 6.82. The highest BCUT2D eigenvalue weighted by Crippen LogP contribution is 2.40. The summed E-state index contributed by atoms with van der Waals surface area (Å²) in [4.78, 5) is 39.2. The van der Waals surface area contributed by atoms with Crippen LogP contribution in [0.2, 0.25) is 0 Å². The molecule has 2 heterocycles. The number of ether oxygens (including phenoxy) is 5. The topological polar surface area (TPSA) is 113 Å². The number of nitrogens with zero attached hydrogens (tertiary/aromatic N) is 1. The van der Waals surface area contributed by atoms with Crippen molar-refractivity contribution in [3.05, 3.63) is 46.4 Å². The number of fused-ring (bicyclic) bond motifs is 1. The van der Waals surface area contributed by atoms with Crippen molar-refractivity contribution in [2.45, 2.75) is 0 Å². The molecule has 34 heavy (non-hydrogen) atoms. The van der Waals surface area contributed by atoms with Crippen LogP contribution >= 0.6 is 11.8 Å². The Balaban J connectivity index is 1.40. The molecule has 1 fully saturated rings. The van der Waals surface area contributed by atoms with E-state index in [-0.39, 0.29) is 41.9 Å². The van der Waals surface area contributed by atoms with Crippen LogP contribution in [0.1, 0.15) is 15.9 Å². The summed E-state index contributed by atoms with van der Waals surface area (Å²) in [5.74, 6) is 1.28. The van der Waals surface area contributed by atoms with Crippen molar-refractivity contribution in [1.29, 1.82) is 0 Å². The Bertz CT molecular complexity index is 1180. The van der Waals surface area contributed by atoms with Crippen LogP contribution < -0.4 is 29.0 Å². The van der Waals surface area contributed by atoms with E-state index in [0.717, 1.165) is 16.7 Å². The highest BCUT2D eigenvalue weighted by molar-refractivity contribution is 8.18. The first-order valence-electron chi connectivity index (χ1n) is 10.2. The number of imide groups is 1. The predicted octanol–water partition coefficient (Wildman–Crippen LogP) is 2.91. The molecular formula is C23H22N2O8S. The van der Waals surface area contributed by atoms with E-state index in [9.17, 15) is 14.4 Å². The molecule has 1 N–H and O–H groups in total. The largest absolute Gasteiger partial charge is 0.493 e. The number of rotatable bonds is 8. The molecule has 0 aromatic heterocycles. The van der Waals surface area contributed by atoms with Crippen LogP contribution in [0.3, 0.4) is 0 Å². The lowest BCUT2D eigenvalue weighted by molar-refractivity contribution is -0.122. The van der Waals surface area contributed by atoms with Gasteiger partial charge in [-0.25, -0.2) is 0 Å². The van der Waals surface area contributed by atoms with Crippen molar-refractivity contribution >= 4 is 34.9 Å². The summed E-state index contributed by atoms with van der Waals surface area (Å²) in [5.41, 5.74) is 0.945. The van der Waals surface area contributed by atoms with Crippen LogP contribution in [0.5, 0.6) is 28.7 Å². The van der Waals surface area contributed by atoms with Gasteiger partial charge in [-0.05, 0) is 47.7 Å². The average molecular weight is 487 g/mol. The van der Waals surface area contributed by atoms with Crippen LogP contribution in [0.25, 0.3) is 6.08 Å². The van der Waals surface area contributed by atoms with Gasteiger partial charge >= 0.3 is 0 Å². The van der Waals surface area contributed by atoms with Gasteiger partial charge in [-0.15, -0.1) is 0 Å². The third-order valence-corrected chi connectivity index (χ3v) is 6.05. The zero-order valence-corrected chi connectivity index (χ0v) is 19.5. The van der Waals surface area contributed by atoms with Gasteiger partial charge in [-0.1, -0.05) is 6.07 Å². The zero-order chi connectivity index (χ0) is 24.2. The van der Waals surface area contributed by atoms with E-state index < -0.39 is 17.1 Å². The van der Waals surface area contributed by atoms with Crippen LogP contribution in [0, 0.1) is 0 Å². The third kappa shape index (κ3) is 4.46. The van der Waals surface area contributed by atoms with Crippen molar-refractivity contribution in [3.8, 4) is 28.7 Å². The van der Waals surface area contributed by atoms with Crippen molar-refractivity contribution in [2.24, 2.45) is 0 Å². The minimum absolute atomic E-state index is 0.0183. The number of amides is 3. The molecule has 2 aromatic rings. The van der Waals surface area contributed by atoms with Crippen LogP contribution in [-0.2, 0) is 4.79 Å². The van der Waals surface area contributed by atoms with Gasteiger partial charge in [0.1, 0.15) is 0 Å². The summed E-state index contributed by atoms with van der Waals surface area (Å²) in [5, 5.41) is 2.30. The number of nitrogens with one attached hydrogen (secondary N) is 1. The molecule has 0 unspecified atom stereocenters. The van der Waals surface area contributed by atoms with E-state index in [1.165, 1.54) is 21.3 Å². The van der Waals surface area contributed by atoms with E-state index in [1.807, 2.05) is 0 Å². The van der Waals surface area contributed by atoms with Crippen LogP contribution in [0.4, 0.5) is 4.79 Å². The number of benzene rings is 2. The number of hydrogen-bond donors (Lipinski definition) is 1. The maximum absolute atomic E-state index is 12.8. The molecule has 11 heteroatoms. The minimum Gasteiger partial charge on any atom is -0.493 e. The summed E-state index contributed by atoms with van der Waals surface area (Å²) in [6, 6.07) is 8.40. The number of hydrogen-bond acceptors (Lipinski definition) is 9. The maximum Gasteiger partial charge on any atom is 0.293 e. The van der Waals surface area contributed by atoms with Crippen molar-refractivity contribution in [3.63, 3.8) is 0 Å². The monoisotopic (exact) mass is 486 g/mol. The Morgan fingerprint density at radius 1 is 1.06 bits per heavy atom. The van der Waals surface area contributed by atoms with Gasteiger partial charge in [0, 0.05) is 13.1 Å². The van der Waals surface area contributed by atoms with E-state index >= 15 is 0 Å². The molecule has 2 aliphatic heterocycles. The highest BCUT2D eigenvalue weighted by Gasteiger charge is 2.35. The van der Waals surface area contributed by atoms with Gasteiger partial charge in [-0.3, -0.25) is 19.3 Å². The highest BCUT2D eigenvalue weighted by atomic mass is 32.2. The lowest BCUT2D eigenvalue weighted by atomic mass is 10.1. The second kappa shape index (κ2) is 9.96. The van der Waals surface area contributed by atoms with Crippen LogP contribution in [0.15, 0.2) is 35.2 Å². The molecule has 2 aromatic carbocycles. The average Bonchev–Trinajstić information content (AvgIpc) is 3.42. The summed E-state index contributed by atoms with van der Waals surface area (Å²) in [6.07, 6.45) is 1.62. The Labute approximate surface area is 199 Å². The van der Waals surface area contributed by atoms with Crippen molar-refractivity contribution in [2.75, 3.05) is 41.2 Å². The lowest BCUT2D eigenvalue weighted by Crippen LogP contribution is -2.37. The molecule has 4 rings (SSSR count). The summed E-state index contributed by atoms with van der Waals surface area (Å²) >= 11 is 0.844. The molecule has 10 nitrogen and oxygen atoms in total. The SMILES string of the molecule is COc1ccc(C(=O)NCCN2C(=O)S/C(=C\c3ccc4c(c3)OCO4)C2=O)c(OC)c1OC. The Hall–Kier alpha value is -3.86. The molecule has 178 valence electrons. The predicted molar refractivity (Wildman–Crippen MR) is 124 cm³/mol. The van der Waals surface area contributed by atoms with Crippen molar-refractivity contribution in [1.82, 2.24) is 10.2 Å². The standard InChI is InChI=1S/C23H22N2O8S/c1-29-16-7-5-14(19(30-2)20(16)31-3)21(26)24-8-9-25-22(27)18(34-23(25)28)11-13-4-6-15-17(10-13)33-12-32-15/h4-7,10-11H,8-9,12H2,1-3H3,(H,24,26)/b18-11-. The molecule has 0 aliphatic carbocycles. The molecule has 1 saturated heterocycles. The minimum atomic E-state index is -0.444. The Morgan fingerprint density at radius 2 is 1.82 bits per heavy atom. The van der Waals surface area contributed by atoms with Gasteiger partial charge in [0.15, 0.2) is 23.0 Å². The van der Waals surface area contributed by atoms with E-state index in [0.29, 0.717) is 22.8 Å². The van der Waals surface area contributed by atoms with Crippen molar-refractivity contribution < 1.29 is 38.1 Å². The van der Waals surface area contributed by atoms with E-state index in [4.69, 9.17) is 23.7 Å². The zero-order valence-electron chi connectivity index (χ0n) is 18.7. The number of carbonyl (C=O) groups excluding carboxylic acids is 3. The van der Waals surface area contributed by atoms with Gasteiger partial charge in [0.05, 0.1) is 31.8 Å². The second-order valence-electron chi connectivity index (χ2n) is 7.08. The summed E-state index contributed by atoms with van der Waals surface area (Å²) < 4.78 is 26.5. The summed E-state index contributed by atoms with van der Waals surface area (Å²) in [6.45, 7) is 0.229. The second-order valence-corrected chi connectivity index (χ2v) is 8.08. The maximum atomic E-state index is 12.8. The van der Waals surface area contributed by atoms with Crippen LogP contribution in [-0.4, -0.2) is 63.2 Å². The van der Waals surface area contributed by atoms with Gasteiger partial charge in [0.2, 0.25) is 12.5 Å². The number of thioether (sulfide) groups is 1. The smallest absolute Gasteiger partial charge is 0.293 e. The fourth-order valence-electron chi connectivity index (χ4n) is 3.50. The molecular weight excluding hydrogens is 464 g/mol. The summed E-state index contributed by atoms with van der Waals surface area (Å²) in [7, 11) is 4.34. The molecule has 3 amide bonds. The molecule has 0 atom stereocenters. The molecule has 2 aliphatic rings. The first kappa shape index (κ1) is 23.3. The molecule has 0 spiro atoms. The number of methoxy groups -OCH3 is 3. The quantitative estimate of drug-likeness (QED) is 0.563. The molecule has 0 bridgehead atoms. The first-order chi connectivity index (χ1) is 16.5. The first-order valence-corrected chi connectivity index (χ1v) is 11.0. The fraction of sp³-hybridized carbons (Fsp3) is 0.261. The fourth-order valence-corrected chi connectivity index (χ4v) is 4.37. The lowest BCUT2D eigenvalue weighted by Gasteiger charge is -2.16. The molecule has 0 radical (unpaired) electrons. The van der Waals surface area contributed by atoms with E-state index in [1.54, 1.807) is 36.4 Å². The number of carbonyl (C=O) groups is 3.